The number of hydrogen-bond acceptors (Lipinski definition) is 3. The average Bonchev–Trinajstić information content (AvgIpc) is 2.26. The van der Waals surface area contributed by atoms with Crippen molar-refractivity contribution in [3.63, 3.8) is 0 Å². The fourth-order valence-electron chi connectivity index (χ4n) is 1.16. The van der Waals surface area contributed by atoms with Gasteiger partial charge in [-0.3, -0.25) is 0 Å². The van der Waals surface area contributed by atoms with Crippen LogP contribution < -0.4 is 11.1 Å². The van der Waals surface area contributed by atoms with Crippen LogP contribution in [-0.2, 0) is 0 Å². The normalized spacial score (nSPS) is 13.9. The summed E-state index contributed by atoms with van der Waals surface area (Å²) in [6.45, 7) is 2.20. The van der Waals surface area contributed by atoms with Gasteiger partial charge >= 0.3 is 0 Å². The van der Waals surface area contributed by atoms with Gasteiger partial charge in [0.15, 0.2) is 5.84 Å². The Morgan fingerprint density at radius 2 is 2.13 bits per heavy atom. The number of hydrogen-bond donors (Lipinski definition) is 3. The molecule has 1 rings (SSSR count). The molecule has 0 bridgehead atoms. The molecule has 0 aliphatic carbocycles. The molecule has 15 heavy (non-hydrogen) atoms. The number of rotatable bonds is 4. The number of halogens is 1. The molecule has 1 aromatic rings. The molecule has 1 atom stereocenters. The van der Waals surface area contributed by atoms with E-state index in [9.17, 15) is 4.39 Å². The molecule has 0 aliphatic rings. The number of benzene rings is 1. The lowest BCUT2D eigenvalue weighted by Gasteiger charge is -2.13. The lowest BCUT2D eigenvalue weighted by molar-refractivity contribution is 0.316. The van der Waals surface area contributed by atoms with Gasteiger partial charge in [-0.25, -0.2) is 4.39 Å². The average molecular weight is 211 g/mol. The zero-order valence-electron chi connectivity index (χ0n) is 8.44. The number of nitrogens with one attached hydrogen (secondary N) is 1. The molecule has 82 valence electrons. The maximum atomic E-state index is 12.6. The second-order valence-electron chi connectivity index (χ2n) is 3.25. The molecule has 0 saturated carbocycles. The van der Waals surface area contributed by atoms with E-state index < -0.39 is 0 Å². The SMILES string of the molecule is C[C@H](NC/C(N)=N/O)c1ccc(F)cc1. The minimum Gasteiger partial charge on any atom is -0.409 e. The fourth-order valence-corrected chi connectivity index (χ4v) is 1.16. The van der Waals surface area contributed by atoms with Crippen molar-refractivity contribution in [3.05, 3.63) is 35.6 Å². The molecule has 0 unspecified atom stereocenters. The Hall–Kier alpha value is -1.62. The molecule has 0 heterocycles. The first-order chi connectivity index (χ1) is 7.13. The zero-order chi connectivity index (χ0) is 11.3. The van der Waals surface area contributed by atoms with Crippen LogP contribution in [0.25, 0.3) is 0 Å². The van der Waals surface area contributed by atoms with Gasteiger partial charge in [0.25, 0.3) is 0 Å². The number of nitrogens with two attached hydrogens (primary N) is 1. The second-order valence-corrected chi connectivity index (χ2v) is 3.25. The van der Waals surface area contributed by atoms with Crippen LogP contribution in [0.2, 0.25) is 0 Å². The van der Waals surface area contributed by atoms with Gasteiger partial charge in [0.05, 0.1) is 6.54 Å². The Balaban J connectivity index is 2.53. The molecular weight excluding hydrogens is 197 g/mol. The molecule has 4 N–H and O–H groups in total. The molecular formula is C10H14FN3O. The van der Waals surface area contributed by atoms with E-state index in [-0.39, 0.29) is 24.2 Å². The monoisotopic (exact) mass is 211 g/mol. The van der Waals surface area contributed by atoms with Gasteiger partial charge < -0.3 is 16.3 Å². The molecule has 0 amide bonds. The molecule has 5 heteroatoms. The summed E-state index contributed by atoms with van der Waals surface area (Å²) in [5.74, 6) is -0.147. The maximum Gasteiger partial charge on any atom is 0.153 e. The Morgan fingerprint density at radius 3 is 2.67 bits per heavy atom. The minimum absolute atomic E-state index is 0.0194. The highest BCUT2D eigenvalue weighted by atomic mass is 19.1. The van der Waals surface area contributed by atoms with Crippen LogP contribution in [0.1, 0.15) is 18.5 Å². The van der Waals surface area contributed by atoms with Gasteiger partial charge in [-0.15, -0.1) is 0 Å². The highest BCUT2D eigenvalue weighted by Crippen LogP contribution is 2.12. The number of oxime groups is 1. The third-order valence-corrected chi connectivity index (χ3v) is 2.09. The summed E-state index contributed by atoms with van der Waals surface area (Å²) in [5, 5.41) is 14.2. The van der Waals surface area contributed by atoms with Crippen molar-refractivity contribution < 1.29 is 9.60 Å². The van der Waals surface area contributed by atoms with Gasteiger partial charge in [-0.2, -0.15) is 0 Å². The van der Waals surface area contributed by atoms with Crippen LogP contribution in [0.15, 0.2) is 29.4 Å². The number of amidine groups is 1. The van der Waals surface area contributed by atoms with Crippen LogP contribution in [-0.4, -0.2) is 17.6 Å². The summed E-state index contributed by atoms with van der Waals surface area (Å²) in [4.78, 5) is 0. The first kappa shape index (κ1) is 11.5. The van der Waals surface area contributed by atoms with Crippen LogP contribution in [0.4, 0.5) is 4.39 Å². The van der Waals surface area contributed by atoms with Gasteiger partial charge in [-0.1, -0.05) is 17.3 Å². The van der Waals surface area contributed by atoms with Gasteiger partial charge in [0.1, 0.15) is 5.82 Å². The fraction of sp³-hybridized carbons (Fsp3) is 0.300. The highest BCUT2D eigenvalue weighted by Gasteiger charge is 2.05. The van der Waals surface area contributed by atoms with E-state index in [1.807, 2.05) is 6.92 Å². The van der Waals surface area contributed by atoms with Gasteiger partial charge in [0.2, 0.25) is 0 Å². The molecule has 4 nitrogen and oxygen atoms in total. The lowest BCUT2D eigenvalue weighted by atomic mass is 10.1. The van der Waals surface area contributed by atoms with Gasteiger partial charge in [-0.05, 0) is 24.6 Å². The smallest absolute Gasteiger partial charge is 0.153 e. The third-order valence-electron chi connectivity index (χ3n) is 2.09. The molecule has 0 aromatic heterocycles. The standard InChI is InChI=1S/C10H14FN3O/c1-7(13-6-10(12)14-15)8-2-4-9(11)5-3-8/h2-5,7,13,15H,6H2,1H3,(H2,12,14)/t7-/m0/s1. The molecule has 0 aliphatic heterocycles. The first-order valence-corrected chi connectivity index (χ1v) is 4.58. The van der Waals surface area contributed by atoms with Crippen LogP contribution >= 0.6 is 0 Å². The van der Waals surface area contributed by atoms with E-state index in [0.717, 1.165) is 5.56 Å². The van der Waals surface area contributed by atoms with E-state index in [4.69, 9.17) is 10.9 Å². The first-order valence-electron chi connectivity index (χ1n) is 4.58. The second kappa shape index (κ2) is 5.31. The summed E-state index contributed by atoms with van der Waals surface area (Å²) < 4.78 is 12.6. The molecule has 0 fully saturated rings. The summed E-state index contributed by atoms with van der Waals surface area (Å²) in [6.07, 6.45) is 0. The summed E-state index contributed by atoms with van der Waals surface area (Å²) >= 11 is 0. The lowest BCUT2D eigenvalue weighted by Crippen LogP contribution is -2.30. The van der Waals surface area contributed by atoms with Crippen molar-refractivity contribution in [2.45, 2.75) is 13.0 Å². The van der Waals surface area contributed by atoms with E-state index >= 15 is 0 Å². The van der Waals surface area contributed by atoms with Gasteiger partial charge in [0, 0.05) is 6.04 Å². The Kier molecular flexibility index (Phi) is 4.05. The minimum atomic E-state index is -0.262. The van der Waals surface area contributed by atoms with E-state index in [0.29, 0.717) is 0 Å². The molecule has 0 saturated heterocycles. The van der Waals surface area contributed by atoms with Crippen molar-refractivity contribution in [2.24, 2.45) is 10.9 Å². The Morgan fingerprint density at radius 1 is 1.53 bits per heavy atom. The third kappa shape index (κ3) is 3.55. The molecule has 0 spiro atoms. The summed E-state index contributed by atoms with van der Waals surface area (Å²) in [7, 11) is 0. The van der Waals surface area contributed by atoms with Crippen LogP contribution in [0.3, 0.4) is 0 Å². The van der Waals surface area contributed by atoms with Crippen molar-refractivity contribution >= 4 is 5.84 Å². The highest BCUT2D eigenvalue weighted by molar-refractivity contribution is 5.81. The predicted molar refractivity (Wildman–Crippen MR) is 56.2 cm³/mol. The number of nitrogens with zero attached hydrogens (tertiary/aromatic N) is 1. The summed E-state index contributed by atoms with van der Waals surface area (Å²) in [5.41, 5.74) is 6.25. The largest absolute Gasteiger partial charge is 0.409 e. The van der Waals surface area contributed by atoms with E-state index in [1.54, 1.807) is 12.1 Å². The Labute approximate surface area is 87.6 Å². The van der Waals surface area contributed by atoms with E-state index in [2.05, 4.69) is 10.5 Å². The maximum absolute atomic E-state index is 12.6. The quantitative estimate of drug-likeness (QED) is 0.303. The van der Waals surface area contributed by atoms with Crippen molar-refractivity contribution in [1.29, 1.82) is 0 Å². The molecule has 1 aromatic carbocycles. The van der Waals surface area contributed by atoms with Crippen molar-refractivity contribution in [2.75, 3.05) is 6.54 Å². The van der Waals surface area contributed by atoms with Crippen LogP contribution in [0, 0.1) is 5.82 Å². The van der Waals surface area contributed by atoms with Crippen molar-refractivity contribution in [3.8, 4) is 0 Å². The summed E-state index contributed by atoms with van der Waals surface area (Å²) in [6, 6.07) is 6.21. The van der Waals surface area contributed by atoms with Crippen molar-refractivity contribution in [1.82, 2.24) is 5.32 Å². The molecule has 0 radical (unpaired) electrons. The van der Waals surface area contributed by atoms with E-state index in [1.165, 1.54) is 12.1 Å². The van der Waals surface area contributed by atoms with Crippen LogP contribution in [0.5, 0.6) is 0 Å². The zero-order valence-corrected chi connectivity index (χ0v) is 8.44. The topological polar surface area (TPSA) is 70.6 Å². The predicted octanol–water partition coefficient (Wildman–Crippen LogP) is 1.22. The Bertz CT molecular complexity index is 337.